The van der Waals surface area contributed by atoms with Crippen molar-refractivity contribution in [1.29, 1.82) is 0 Å². The molecule has 12 rings (SSSR count). The lowest BCUT2D eigenvalue weighted by atomic mass is 9.71. The van der Waals surface area contributed by atoms with Crippen LogP contribution < -0.4 is 0 Å². The number of aromatic nitrogens is 4. The van der Waals surface area contributed by atoms with Crippen LogP contribution in [0.3, 0.4) is 0 Å². The van der Waals surface area contributed by atoms with Gasteiger partial charge in [-0.25, -0.2) is 15.0 Å². The molecule has 2 heterocycles. The summed E-state index contributed by atoms with van der Waals surface area (Å²) in [5.41, 5.74) is 15.1. The molecule has 1 unspecified atom stereocenters. The minimum Gasteiger partial charge on any atom is -0.309 e. The third kappa shape index (κ3) is 7.35. The lowest BCUT2D eigenvalue weighted by Gasteiger charge is -2.33. The van der Waals surface area contributed by atoms with E-state index in [9.17, 15) is 0 Å². The van der Waals surface area contributed by atoms with Gasteiger partial charge in [-0.3, -0.25) is 0 Å². The second-order valence-electron chi connectivity index (χ2n) is 17.2. The zero-order chi connectivity index (χ0) is 44.6. The van der Waals surface area contributed by atoms with E-state index in [1.807, 2.05) is 18.2 Å². The van der Waals surface area contributed by atoms with E-state index >= 15 is 0 Å². The SMILES string of the molecule is C1=CC(c2ccccc2)(c2nc(-c3ccccc3)nc(-c3cccc(-c4cccc5c4c4cc(-c6ccccc6)ccc4n5-c4ccccc4)c3)n2)CC(c2cccc(-c3ccccc3)c2)=C1. The van der Waals surface area contributed by atoms with E-state index in [-0.39, 0.29) is 0 Å². The number of para-hydroxylation sites is 1. The summed E-state index contributed by atoms with van der Waals surface area (Å²) in [6.07, 6.45) is 7.38. The van der Waals surface area contributed by atoms with Gasteiger partial charge in [0.05, 0.1) is 16.4 Å². The summed E-state index contributed by atoms with van der Waals surface area (Å²) >= 11 is 0. The first-order valence-corrected chi connectivity index (χ1v) is 22.9. The summed E-state index contributed by atoms with van der Waals surface area (Å²) in [6, 6.07) is 84.0. The van der Waals surface area contributed by atoms with Crippen molar-refractivity contribution >= 4 is 27.4 Å². The van der Waals surface area contributed by atoms with E-state index in [0.29, 0.717) is 23.9 Å². The number of hydrogen-bond acceptors (Lipinski definition) is 3. The van der Waals surface area contributed by atoms with Gasteiger partial charge in [-0.15, -0.1) is 0 Å². The molecule has 0 fully saturated rings. The molecule has 67 heavy (non-hydrogen) atoms. The van der Waals surface area contributed by atoms with Crippen LogP contribution in [-0.4, -0.2) is 19.5 Å². The average Bonchev–Trinajstić information content (AvgIpc) is 3.76. The Labute approximate surface area is 390 Å². The number of fused-ring (bicyclic) bond motifs is 3. The first-order chi connectivity index (χ1) is 33.2. The van der Waals surface area contributed by atoms with E-state index < -0.39 is 5.41 Å². The molecule has 11 aromatic rings. The standard InChI is InChI=1S/C63H44N4/c1-6-20-44(21-7-1)47-26-16-27-48(40-47)52-30-19-39-63(43-52,53-31-12-4-13-32-53)62-65-60(46-24-10-3-11-25-46)64-61(66-62)51-29-17-28-50(41-51)55-35-18-36-58-59(55)56-42-49(45-22-8-2-9-23-45)37-38-57(56)67(58)54-33-14-5-15-34-54/h1-42H,43H2. The van der Waals surface area contributed by atoms with Gasteiger partial charge in [0.15, 0.2) is 11.6 Å². The van der Waals surface area contributed by atoms with Gasteiger partial charge in [0, 0.05) is 27.6 Å². The molecule has 0 saturated carbocycles. The zero-order valence-electron chi connectivity index (χ0n) is 36.7. The van der Waals surface area contributed by atoms with Crippen molar-refractivity contribution in [3.05, 3.63) is 272 Å². The zero-order valence-corrected chi connectivity index (χ0v) is 36.7. The Kier molecular flexibility index (Phi) is 10.1. The van der Waals surface area contributed by atoms with Crippen LogP contribution in [0.2, 0.25) is 0 Å². The molecule has 0 aliphatic heterocycles. The summed E-state index contributed by atoms with van der Waals surface area (Å²) in [4.78, 5) is 16.2. The van der Waals surface area contributed by atoms with Gasteiger partial charge in [-0.2, -0.15) is 0 Å². The number of benzene rings is 9. The van der Waals surface area contributed by atoms with E-state index in [1.165, 1.54) is 44.2 Å². The van der Waals surface area contributed by atoms with Crippen molar-refractivity contribution in [3.8, 4) is 61.8 Å². The fourth-order valence-electron chi connectivity index (χ4n) is 9.91. The number of allylic oxidation sites excluding steroid dienone is 4. The van der Waals surface area contributed by atoms with Gasteiger partial charge in [-0.05, 0) is 99.0 Å². The highest BCUT2D eigenvalue weighted by molar-refractivity contribution is 6.16. The Morgan fingerprint density at radius 3 is 1.63 bits per heavy atom. The molecule has 4 heteroatoms. The van der Waals surface area contributed by atoms with Crippen LogP contribution in [0.15, 0.2) is 255 Å². The number of rotatable bonds is 9. The third-order valence-electron chi connectivity index (χ3n) is 13.2. The molecule has 0 saturated heterocycles. The lowest BCUT2D eigenvalue weighted by Crippen LogP contribution is -2.30. The molecule has 1 aliphatic carbocycles. The Morgan fingerprint density at radius 2 is 0.925 bits per heavy atom. The van der Waals surface area contributed by atoms with Gasteiger partial charge in [-0.1, -0.05) is 212 Å². The minimum absolute atomic E-state index is 0.627. The van der Waals surface area contributed by atoms with Crippen molar-refractivity contribution in [2.24, 2.45) is 0 Å². The smallest absolute Gasteiger partial charge is 0.163 e. The average molecular weight is 857 g/mol. The largest absolute Gasteiger partial charge is 0.309 e. The monoisotopic (exact) mass is 856 g/mol. The molecule has 9 aromatic carbocycles. The molecule has 1 atom stereocenters. The van der Waals surface area contributed by atoms with Crippen molar-refractivity contribution in [2.75, 3.05) is 0 Å². The Morgan fingerprint density at radius 1 is 0.388 bits per heavy atom. The van der Waals surface area contributed by atoms with Crippen molar-refractivity contribution in [1.82, 2.24) is 19.5 Å². The summed E-state index contributed by atoms with van der Waals surface area (Å²) in [5.74, 6) is 1.97. The summed E-state index contributed by atoms with van der Waals surface area (Å²) in [5, 5.41) is 2.39. The van der Waals surface area contributed by atoms with Crippen LogP contribution in [-0.2, 0) is 5.41 Å². The van der Waals surface area contributed by atoms with Crippen molar-refractivity contribution < 1.29 is 0 Å². The quantitative estimate of drug-likeness (QED) is 0.145. The van der Waals surface area contributed by atoms with Crippen molar-refractivity contribution in [2.45, 2.75) is 11.8 Å². The van der Waals surface area contributed by atoms with E-state index in [0.717, 1.165) is 44.5 Å². The van der Waals surface area contributed by atoms with Crippen LogP contribution >= 0.6 is 0 Å². The molecule has 0 N–H and O–H groups in total. The van der Waals surface area contributed by atoms with Crippen LogP contribution in [0.5, 0.6) is 0 Å². The second-order valence-corrected chi connectivity index (χ2v) is 17.2. The Bertz CT molecular complexity index is 3630. The van der Waals surface area contributed by atoms with Gasteiger partial charge < -0.3 is 4.57 Å². The summed E-state index contributed by atoms with van der Waals surface area (Å²) in [7, 11) is 0. The summed E-state index contributed by atoms with van der Waals surface area (Å²) in [6.45, 7) is 0. The van der Waals surface area contributed by atoms with Gasteiger partial charge in [0.2, 0.25) is 0 Å². The van der Waals surface area contributed by atoms with Crippen LogP contribution in [0, 0.1) is 0 Å². The number of hydrogen-bond donors (Lipinski definition) is 0. The maximum absolute atomic E-state index is 5.53. The topological polar surface area (TPSA) is 43.6 Å². The highest BCUT2D eigenvalue weighted by Gasteiger charge is 2.38. The van der Waals surface area contributed by atoms with E-state index in [2.05, 4.69) is 241 Å². The second kappa shape index (κ2) is 17.0. The third-order valence-corrected chi connectivity index (χ3v) is 13.2. The molecule has 0 radical (unpaired) electrons. The van der Waals surface area contributed by atoms with Crippen molar-refractivity contribution in [3.63, 3.8) is 0 Å². The molecule has 0 spiro atoms. The first-order valence-electron chi connectivity index (χ1n) is 22.9. The van der Waals surface area contributed by atoms with Gasteiger partial charge >= 0.3 is 0 Å². The Balaban J connectivity index is 1.03. The molecule has 4 nitrogen and oxygen atoms in total. The molecule has 1 aliphatic rings. The summed E-state index contributed by atoms with van der Waals surface area (Å²) < 4.78 is 2.39. The van der Waals surface area contributed by atoms with Gasteiger partial charge in [0.25, 0.3) is 0 Å². The molecular weight excluding hydrogens is 813 g/mol. The van der Waals surface area contributed by atoms with Crippen LogP contribution in [0.25, 0.3) is 89.2 Å². The fourth-order valence-corrected chi connectivity index (χ4v) is 9.91. The fraction of sp³-hybridized carbons (Fsp3) is 0.0317. The normalized spacial score (nSPS) is 14.6. The molecule has 2 aromatic heterocycles. The predicted octanol–water partition coefficient (Wildman–Crippen LogP) is 15.6. The molecule has 0 amide bonds. The highest BCUT2D eigenvalue weighted by Crippen LogP contribution is 2.45. The minimum atomic E-state index is -0.686. The molecular formula is C63H44N4. The number of nitrogens with zero attached hydrogens (tertiary/aromatic N) is 4. The molecule has 0 bridgehead atoms. The first kappa shape index (κ1) is 39.8. The van der Waals surface area contributed by atoms with Crippen LogP contribution in [0.1, 0.15) is 23.4 Å². The molecule has 316 valence electrons. The van der Waals surface area contributed by atoms with Crippen LogP contribution in [0.4, 0.5) is 0 Å². The lowest BCUT2D eigenvalue weighted by molar-refractivity contribution is 0.605. The van der Waals surface area contributed by atoms with E-state index in [1.54, 1.807) is 0 Å². The predicted molar refractivity (Wildman–Crippen MR) is 277 cm³/mol. The maximum Gasteiger partial charge on any atom is 0.163 e. The highest BCUT2D eigenvalue weighted by atomic mass is 15.0. The van der Waals surface area contributed by atoms with Gasteiger partial charge in [0.1, 0.15) is 5.82 Å². The maximum atomic E-state index is 5.53. The Hall–Kier alpha value is -8.73. The van der Waals surface area contributed by atoms with E-state index in [4.69, 9.17) is 15.0 Å².